The van der Waals surface area contributed by atoms with Crippen LogP contribution in [0.15, 0.2) is 36.0 Å². The number of hydrogen-bond donors (Lipinski definition) is 2. The van der Waals surface area contributed by atoms with Gasteiger partial charge in [0.2, 0.25) is 5.91 Å². The van der Waals surface area contributed by atoms with Crippen LogP contribution < -0.4 is 5.73 Å². The predicted molar refractivity (Wildman–Crippen MR) is 61.1 cm³/mol. The van der Waals surface area contributed by atoms with Crippen LogP contribution in [0, 0.1) is 0 Å². The predicted octanol–water partition coefficient (Wildman–Crippen LogP) is 2.06. The molecule has 3 N–H and O–H groups in total. The number of amides is 1. The minimum Gasteiger partial charge on any atom is -0.366 e. The molecule has 0 atom stereocenters. The zero-order valence-electron chi connectivity index (χ0n) is 8.45. The van der Waals surface area contributed by atoms with Gasteiger partial charge >= 0.3 is 0 Å². The molecular weight excluding hydrogens is 188 g/mol. The Labute approximate surface area is 87.6 Å². The highest BCUT2D eigenvalue weighted by atomic mass is 16.1. The third kappa shape index (κ3) is 1.76. The molecule has 15 heavy (non-hydrogen) atoms. The van der Waals surface area contributed by atoms with E-state index in [1.165, 1.54) is 0 Å². The van der Waals surface area contributed by atoms with Crippen LogP contribution in [0.2, 0.25) is 0 Å². The largest absolute Gasteiger partial charge is 0.366 e. The molecule has 1 heterocycles. The van der Waals surface area contributed by atoms with E-state index in [1.807, 2.05) is 30.5 Å². The summed E-state index contributed by atoms with van der Waals surface area (Å²) in [6.07, 6.45) is 3.66. The van der Waals surface area contributed by atoms with Crippen molar-refractivity contribution in [2.45, 2.75) is 6.92 Å². The molecular formula is C12H12N2O. The molecule has 3 heteroatoms. The highest BCUT2D eigenvalue weighted by Gasteiger charge is 2.02. The molecule has 0 bridgehead atoms. The van der Waals surface area contributed by atoms with E-state index in [2.05, 4.69) is 4.98 Å². The van der Waals surface area contributed by atoms with Crippen LogP contribution in [0.4, 0.5) is 0 Å². The van der Waals surface area contributed by atoms with Crippen molar-refractivity contribution in [3.05, 3.63) is 41.6 Å². The van der Waals surface area contributed by atoms with Crippen molar-refractivity contribution in [1.82, 2.24) is 4.98 Å². The summed E-state index contributed by atoms with van der Waals surface area (Å²) < 4.78 is 0. The number of carbonyl (C=O) groups is 1. The standard InChI is InChI=1S/C12H12N2O/c1-8(12(13)15)6-9-7-14-11-5-3-2-4-10(9)11/h2-7,14H,1H3,(H2,13,15)/b8-6+. The number of aromatic amines is 1. The maximum absolute atomic E-state index is 10.9. The molecule has 0 aliphatic carbocycles. The molecule has 0 spiro atoms. The molecule has 0 aliphatic rings. The molecule has 1 amide bonds. The highest BCUT2D eigenvalue weighted by molar-refractivity contribution is 5.99. The quantitative estimate of drug-likeness (QED) is 0.716. The van der Waals surface area contributed by atoms with Crippen molar-refractivity contribution in [2.24, 2.45) is 5.73 Å². The first kappa shape index (κ1) is 9.52. The number of para-hydroxylation sites is 1. The van der Waals surface area contributed by atoms with Crippen molar-refractivity contribution in [3.63, 3.8) is 0 Å². The van der Waals surface area contributed by atoms with E-state index in [0.717, 1.165) is 16.5 Å². The Hall–Kier alpha value is -2.03. The Morgan fingerprint density at radius 2 is 2.13 bits per heavy atom. The summed E-state index contributed by atoms with van der Waals surface area (Å²) in [5.74, 6) is -0.389. The number of nitrogens with one attached hydrogen (secondary N) is 1. The average molecular weight is 200 g/mol. The summed E-state index contributed by atoms with van der Waals surface area (Å²) >= 11 is 0. The maximum Gasteiger partial charge on any atom is 0.244 e. The number of aromatic nitrogens is 1. The summed E-state index contributed by atoms with van der Waals surface area (Å²) in [4.78, 5) is 14.0. The number of rotatable bonds is 2. The summed E-state index contributed by atoms with van der Waals surface area (Å²) in [5, 5.41) is 1.10. The van der Waals surface area contributed by atoms with Crippen LogP contribution in [0.5, 0.6) is 0 Å². The smallest absolute Gasteiger partial charge is 0.244 e. The Kier molecular flexibility index (Phi) is 2.29. The van der Waals surface area contributed by atoms with E-state index in [-0.39, 0.29) is 5.91 Å². The van der Waals surface area contributed by atoms with Crippen LogP contribution >= 0.6 is 0 Å². The van der Waals surface area contributed by atoms with Gasteiger partial charge in [-0.15, -0.1) is 0 Å². The summed E-state index contributed by atoms with van der Waals surface area (Å²) in [6, 6.07) is 7.93. The first-order chi connectivity index (χ1) is 7.18. The number of hydrogen-bond acceptors (Lipinski definition) is 1. The molecule has 0 fully saturated rings. The van der Waals surface area contributed by atoms with Gasteiger partial charge in [0.1, 0.15) is 0 Å². The number of primary amides is 1. The Morgan fingerprint density at radius 3 is 2.87 bits per heavy atom. The van der Waals surface area contributed by atoms with E-state index >= 15 is 0 Å². The van der Waals surface area contributed by atoms with Gasteiger partial charge in [-0.3, -0.25) is 4.79 Å². The van der Waals surface area contributed by atoms with Gasteiger partial charge in [0.15, 0.2) is 0 Å². The lowest BCUT2D eigenvalue weighted by Gasteiger charge is -1.94. The molecule has 1 aromatic heterocycles. The third-order valence-electron chi connectivity index (χ3n) is 2.38. The van der Waals surface area contributed by atoms with Gasteiger partial charge in [0, 0.05) is 28.2 Å². The van der Waals surface area contributed by atoms with Crippen LogP contribution in [0.1, 0.15) is 12.5 Å². The summed E-state index contributed by atoms with van der Waals surface area (Å²) in [6.45, 7) is 1.71. The van der Waals surface area contributed by atoms with Crippen molar-refractivity contribution >= 4 is 22.9 Å². The number of H-pyrrole nitrogens is 1. The van der Waals surface area contributed by atoms with E-state index in [4.69, 9.17) is 5.73 Å². The summed E-state index contributed by atoms with van der Waals surface area (Å²) in [5.41, 5.74) is 7.78. The van der Waals surface area contributed by atoms with Crippen molar-refractivity contribution in [1.29, 1.82) is 0 Å². The molecule has 76 valence electrons. The molecule has 0 saturated carbocycles. The van der Waals surface area contributed by atoms with Crippen molar-refractivity contribution < 1.29 is 4.79 Å². The van der Waals surface area contributed by atoms with Crippen molar-refractivity contribution in [2.75, 3.05) is 0 Å². The lowest BCUT2D eigenvalue weighted by Crippen LogP contribution is -2.11. The Bertz CT molecular complexity index is 537. The third-order valence-corrected chi connectivity index (χ3v) is 2.38. The maximum atomic E-state index is 10.9. The monoisotopic (exact) mass is 200 g/mol. The van der Waals surface area contributed by atoms with E-state index in [9.17, 15) is 4.79 Å². The van der Waals surface area contributed by atoms with Gasteiger partial charge in [-0.05, 0) is 19.1 Å². The Balaban J connectivity index is 2.54. The number of benzene rings is 1. The van der Waals surface area contributed by atoms with Crippen molar-refractivity contribution in [3.8, 4) is 0 Å². The molecule has 3 nitrogen and oxygen atoms in total. The normalized spacial score (nSPS) is 11.9. The molecule has 0 saturated heterocycles. The average Bonchev–Trinajstić information content (AvgIpc) is 2.62. The lowest BCUT2D eigenvalue weighted by molar-refractivity contribution is -0.114. The van der Waals surface area contributed by atoms with E-state index < -0.39 is 0 Å². The second-order valence-corrected chi connectivity index (χ2v) is 3.48. The second-order valence-electron chi connectivity index (χ2n) is 3.48. The highest BCUT2D eigenvalue weighted by Crippen LogP contribution is 2.19. The molecule has 0 unspecified atom stereocenters. The first-order valence-corrected chi connectivity index (χ1v) is 4.72. The fourth-order valence-electron chi connectivity index (χ4n) is 1.52. The van der Waals surface area contributed by atoms with E-state index in [1.54, 1.807) is 13.0 Å². The first-order valence-electron chi connectivity index (χ1n) is 4.72. The molecule has 0 aliphatic heterocycles. The van der Waals surface area contributed by atoms with Gasteiger partial charge in [0.25, 0.3) is 0 Å². The zero-order valence-corrected chi connectivity index (χ0v) is 8.45. The fourth-order valence-corrected chi connectivity index (χ4v) is 1.52. The fraction of sp³-hybridized carbons (Fsp3) is 0.0833. The lowest BCUT2D eigenvalue weighted by atomic mass is 10.1. The van der Waals surface area contributed by atoms with Crippen LogP contribution in [0.25, 0.3) is 17.0 Å². The molecule has 2 aromatic rings. The molecule has 2 rings (SSSR count). The van der Waals surface area contributed by atoms with Gasteiger partial charge in [0.05, 0.1) is 0 Å². The topological polar surface area (TPSA) is 58.9 Å². The minimum atomic E-state index is -0.389. The summed E-state index contributed by atoms with van der Waals surface area (Å²) in [7, 11) is 0. The molecule has 1 aromatic carbocycles. The SMILES string of the molecule is C/C(=C\c1c[nH]c2ccccc12)C(N)=O. The van der Waals surface area contributed by atoms with Crippen LogP contribution in [-0.2, 0) is 4.79 Å². The van der Waals surface area contributed by atoms with Gasteiger partial charge in [-0.2, -0.15) is 0 Å². The zero-order chi connectivity index (χ0) is 10.8. The molecule has 0 radical (unpaired) electrons. The number of nitrogens with two attached hydrogens (primary N) is 1. The minimum absolute atomic E-state index is 0.389. The van der Waals surface area contributed by atoms with Crippen LogP contribution in [0.3, 0.4) is 0 Å². The van der Waals surface area contributed by atoms with Gasteiger partial charge < -0.3 is 10.7 Å². The van der Waals surface area contributed by atoms with Crippen LogP contribution in [-0.4, -0.2) is 10.9 Å². The van der Waals surface area contributed by atoms with Gasteiger partial charge in [-0.1, -0.05) is 18.2 Å². The number of carbonyl (C=O) groups excluding carboxylic acids is 1. The Morgan fingerprint density at radius 1 is 1.40 bits per heavy atom. The number of fused-ring (bicyclic) bond motifs is 1. The second kappa shape index (κ2) is 3.61. The van der Waals surface area contributed by atoms with Gasteiger partial charge in [-0.25, -0.2) is 0 Å². The van der Waals surface area contributed by atoms with E-state index in [0.29, 0.717) is 5.57 Å².